The summed E-state index contributed by atoms with van der Waals surface area (Å²) in [6.45, 7) is 5.00. The molecule has 0 saturated heterocycles. The second kappa shape index (κ2) is 10.4. The molecule has 0 atom stereocenters. The minimum Gasteiger partial charge on any atom is -0.490 e. The molecule has 31 heavy (non-hydrogen) atoms. The van der Waals surface area contributed by atoms with Gasteiger partial charge in [0.1, 0.15) is 12.1 Å². The van der Waals surface area contributed by atoms with Crippen molar-refractivity contribution in [3.8, 4) is 22.8 Å². The Bertz CT molecular complexity index is 1170. The fourth-order valence-electron chi connectivity index (χ4n) is 3.11. The molecule has 0 aliphatic carbocycles. The summed E-state index contributed by atoms with van der Waals surface area (Å²) in [6, 6.07) is 11.9. The third-order valence-electron chi connectivity index (χ3n) is 4.44. The van der Waals surface area contributed by atoms with E-state index >= 15 is 0 Å². The van der Waals surface area contributed by atoms with Crippen LogP contribution in [0.15, 0.2) is 48.1 Å². The lowest BCUT2D eigenvalue weighted by Gasteiger charge is -2.14. The number of benzene rings is 2. The lowest BCUT2D eigenvalue weighted by Crippen LogP contribution is -2.01. The second-order valence-electron chi connectivity index (χ2n) is 6.40. The monoisotopic (exact) mass is 501 g/mol. The van der Waals surface area contributed by atoms with Crippen molar-refractivity contribution >= 4 is 55.9 Å². The quantitative estimate of drug-likeness (QED) is 0.310. The lowest BCUT2D eigenvalue weighted by molar-refractivity contribution is 0.288. The predicted octanol–water partition coefficient (Wildman–Crippen LogP) is 5.91. The first-order valence-electron chi connectivity index (χ1n) is 9.77. The van der Waals surface area contributed by atoms with Gasteiger partial charge < -0.3 is 20.1 Å². The second-order valence-corrected chi connectivity index (χ2v) is 7.26. The maximum absolute atomic E-state index is 5.77. The van der Waals surface area contributed by atoms with Crippen LogP contribution >= 0.6 is 28.3 Å². The third kappa shape index (κ3) is 5.05. The summed E-state index contributed by atoms with van der Waals surface area (Å²) >= 11 is 1.58. The largest absolute Gasteiger partial charge is 0.490 e. The van der Waals surface area contributed by atoms with E-state index in [4.69, 9.17) is 9.47 Å². The number of nitrogens with zero attached hydrogens (tertiary/aromatic N) is 3. The van der Waals surface area contributed by atoms with Crippen molar-refractivity contribution < 1.29 is 9.47 Å². The van der Waals surface area contributed by atoms with Gasteiger partial charge in [0.05, 0.1) is 24.4 Å². The van der Waals surface area contributed by atoms with Gasteiger partial charge in [0.25, 0.3) is 0 Å². The van der Waals surface area contributed by atoms with Gasteiger partial charge in [0.2, 0.25) is 0 Å². The summed E-state index contributed by atoms with van der Waals surface area (Å²) in [5.41, 5.74) is 3.66. The molecule has 4 rings (SSSR count). The molecule has 2 aromatic heterocycles. The molecule has 0 fully saturated rings. The van der Waals surface area contributed by atoms with Crippen LogP contribution in [-0.4, -0.2) is 35.2 Å². The Morgan fingerprint density at radius 2 is 1.77 bits per heavy atom. The maximum atomic E-state index is 5.77. The molecule has 0 saturated carbocycles. The molecule has 2 N–H and O–H groups in total. The number of rotatable bonds is 8. The Morgan fingerprint density at radius 3 is 2.48 bits per heavy atom. The molecule has 162 valence electrons. The highest BCUT2D eigenvalue weighted by atomic mass is 79.9. The van der Waals surface area contributed by atoms with Crippen molar-refractivity contribution in [2.24, 2.45) is 0 Å². The standard InChI is InChI=1S/C22H23N5O2S.BrH/c1-4-28-19-10-16-17(11-20(19)29-5-2)24-13-25-21(16)26-15-8-6-7-14(9-15)18-12-30-22(23-3)27-18;/h6-13H,4-5H2,1-3H3,(H,23,27)(H,24,25,26);1H. The third-order valence-corrected chi connectivity index (χ3v) is 5.30. The SMILES string of the molecule is Br.CCOc1cc2ncnc(Nc3cccc(-c4csc(NC)n4)c3)c2cc1OCC. The fraction of sp³-hybridized carbons (Fsp3) is 0.227. The fourth-order valence-corrected chi connectivity index (χ4v) is 3.80. The van der Waals surface area contributed by atoms with E-state index in [1.165, 1.54) is 0 Å². The summed E-state index contributed by atoms with van der Waals surface area (Å²) in [7, 11) is 1.87. The van der Waals surface area contributed by atoms with Crippen molar-refractivity contribution in [2.45, 2.75) is 13.8 Å². The summed E-state index contributed by atoms with van der Waals surface area (Å²) in [4.78, 5) is 13.4. The normalized spacial score (nSPS) is 10.4. The first-order chi connectivity index (χ1) is 14.7. The Labute approximate surface area is 195 Å². The van der Waals surface area contributed by atoms with Gasteiger partial charge in [-0.3, -0.25) is 0 Å². The zero-order valence-electron chi connectivity index (χ0n) is 17.5. The maximum Gasteiger partial charge on any atom is 0.182 e. The topological polar surface area (TPSA) is 81.2 Å². The zero-order valence-corrected chi connectivity index (χ0v) is 20.0. The lowest BCUT2D eigenvalue weighted by atomic mass is 10.1. The van der Waals surface area contributed by atoms with Crippen LogP contribution in [0.25, 0.3) is 22.2 Å². The van der Waals surface area contributed by atoms with Crippen molar-refractivity contribution in [1.82, 2.24) is 15.0 Å². The molecule has 2 aromatic carbocycles. The van der Waals surface area contributed by atoms with Gasteiger partial charge in [-0.15, -0.1) is 28.3 Å². The van der Waals surface area contributed by atoms with Crippen LogP contribution in [0.3, 0.4) is 0 Å². The smallest absolute Gasteiger partial charge is 0.182 e. The van der Waals surface area contributed by atoms with Crippen molar-refractivity contribution in [1.29, 1.82) is 0 Å². The van der Waals surface area contributed by atoms with Gasteiger partial charge in [-0.2, -0.15) is 0 Å². The summed E-state index contributed by atoms with van der Waals surface area (Å²) < 4.78 is 11.5. The molecule has 2 heterocycles. The van der Waals surface area contributed by atoms with Crippen LogP contribution < -0.4 is 20.1 Å². The molecule has 0 radical (unpaired) electrons. The Kier molecular flexibility index (Phi) is 7.64. The highest BCUT2D eigenvalue weighted by Gasteiger charge is 2.12. The summed E-state index contributed by atoms with van der Waals surface area (Å²) in [6.07, 6.45) is 1.55. The minimum atomic E-state index is 0. The van der Waals surface area contributed by atoms with Gasteiger partial charge in [0.15, 0.2) is 16.6 Å². The zero-order chi connectivity index (χ0) is 20.9. The van der Waals surface area contributed by atoms with E-state index in [1.54, 1.807) is 17.7 Å². The first-order valence-corrected chi connectivity index (χ1v) is 10.6. The first kappa shape index (κ1) is 22.8. The molecule has 0 aliphatic rings. The molecular weight excluding hydrogens is 478 g/mol. The minimum absolute atomic E-state index is 0. The molecule has 0 aliphatic heterocycles. The molecule has 0 unspecified atom stereocenters. The van der Waals surface area contributed by atoms with Crippen LogP contribution in [0.2, 0.25) is 0 Å². The van der Waals surface area contributed by atoms with Gasteiger partial charge in [-0.25, -0.2) is 15.0 Å². The molecule has 7 nitrogen and oxygen atoms in total. The Morgan fingerprint density at radius 1 is 1.00 bits per heavy atom. The highest BCUT2D eigenvalue weighted by molar-refractivity contribution is 8.93. The molecule has 0 spiro atoms. The predicted molar refractivity (Wildman–Crippen MR) is 133 cm³/mol. The molecule has 9 heteroatoms. The van der Waals surface area contributed by atoms with E-state index in [2.05, 4.69) is 31.7 Å². The number of anilines is 3. The van der Waals surface area contributed by atoms with Gasteiger partial charge >= 0.3 is 0 Å². The molecule has 0 amide bonds. The van der Waals surface area contributed by atoms with Crippen LogP contribution in [0.5, 0.6) is 11.5 Å². The molecule has 0 bridgehead atoms. The van der Waals surface area contributed by atoms with Crippen LogP contribution in [0.4, 0.5) is 16.6 Å². The number of ether oxygens (including phenoxy) is 2. The Hall–Kier alpha value is -2.91. The van der Waals surface area contributed by atoms with E-state index < -0.39 is 0 Å². The average Bonchev–Trinajstić information content (AvgIpc) is 3.25. The number of aromatic nitrogens is 3. The van der Waals surface area contributed by atoms with E-state index in [9.17, 15) is 0 Å². The molecule has 4 aromatic rings. The highest BCUT2D eigenvalue weighted by Crippen LogP contribution is 2.35. The number of nitrogens with one attached hydrogen (secondary N) is 2. The summed E-state index contributed by atoms with van der Waals surface area (Å²) in [5.74, 6) is 2.07. The number of hydrogen-bond donors (Lipinski definition) is 2. The molecular formula is C22H24BrN5O2S. The van der Waals surface area contributed by atoms with Crippen LogP contribution in [0, 0.1) is 0 Å². The van der Waals surface area contributed by atoms with E-state index in [0.29, 0.717) is 30.5 Å². The van der Waals surface area contributed by atoms with Crippen LogP contribution in [-0.2, 0) is 0 Å². The van der Waals surface area contributed by atoms with Gasteiger partial charge in [-0.05, 0) is 32.0 Å². The van der Waals surface area contributed by atoms with Gasteiger partial charge in [0, 0.05) is 35.1 Å². The van der Waals surface area contributed by atoms with Crippen molar-refractivity contribution in [3.05, 3.63) is 48.1 Å². The van der Waals surface area contributed by atoms with E-state index in [1.807, 2.05) is 56.6 Å². The number of hydrogen-bond acceptors (Lipinski definition) is 8. The van der Waals surface area contributed by atoms with Crippen molar-refractivity contribution in [3.63, 3.8) is 0 Å². The summed E-state index contributed by atoms with van der Waals surface area (Å²) in [5, 5.41) is 10.3. The average molecular weight is 502 g/mol. The van der Waals surface area contributed by atoms with Crippen molar-refractivity contribution in [2.75, 3.05) is 30.9 Å². The number of thiazole rings is 1. The Balaban J connectivity index is 0.00000272. The number of halogens is 1. The number of fused-ring (bicyclic) bond motifs is 1. The van der Waals surface area contributed by atoms with E-state index in [-0.39, 0.29) is 17.0 Å². The van der Waals surface area contributed by atoms with E-state index in [0.717, 1.165) is 33.0 Å². The van der Waals surface area contributed by atoms with Crippen LogP contribution in [0.1, 0.15) is 13.8 Å². The van der Waals surface area contributed by atoms with Gasteiger partial charge in [-0.1, -0.05) is 12.1 Å².